The maximum Gasteiger partial charge on any atom is 0.433 e. The van der Waals surface area contributed by atoms with Crippen molar-refractivity contribution in [3.8, 4) is 5.75 Å². The maximum atomic E-state index is 12.8. The topological polar surface area (TPSA) is 34.2 Å². The fourth-order valence-electron chi connectivity index (χ4n) is 1.78. The number of rotatable bonds is 2. The van der Waals surface area contributed by atoms with E-state index in [1.807, 2.05) is 0 Å². The van der Waals surface area contributed by atoms with Gasteiger partial charge in [-0.2, -0.15) is 13.2 Å². The fraction of sp³-hybridized carbons (Fsp3) is 0.250. The predicted molar refractivity (Wildman–Crippen MR) is 67.9 cm³/mol. The molecule has 1 heterocycles. The van der Waals surface area contributed by atoms with Crippen molar-refractivity contribution < 1.29 is 17.9 Å². The first-order chi connectivity index (χ1) is 8.88. The summed E-state index contributed by atoms with van der Waals surface area (Å²) >= 11 is 6.02. The third-order valence-electron chi connectivity index (χ3n) is 2.65. The first-order valence-electron chi connectivity index (χ1n) is 5.30. The van der Waals surface area contributed by atoms with Gasteiger partial charge in [0.2, 0.25) is 0 Å². The summed E-state index contributed by atoms with van der Waals surface area (Å²) in [6, 6.07) is 3.96. The van der Waals surface area contributed by atoms with Gasteiger partial charge in [0.05, 0.1) is 12.1 Å². The van der Waals surface area contributed by atoms with Gasteiger partial charge < -0.3 is 10.1 Å². The van der Waals surface area contributed by atoms with Crippen LogP contribution in [0.4, 0.5) is 18.9 Å². The lowest BCUT2D eigenvalue weighted by Gasteiger charge is -2.14. The Morgan fingerprint density at radius 2 is 2.00 bits per heavy atom. The molecule has 2 aromatic rings. The van der Waals surface area contributed by atoms with Crippen molar-refractivity contribution >= 4 is 28.2 Å². The van der Waals surface area contributed by atoms with E-state index in [9.17, 15) is 13.2 Å². The first kappa shape index (κ1) is 13.7. The van der Waals surface area contributed by atoms with Gasteiger partial charge in [-0.1, -0.05) is 11.6 Å². The highest BCUT2D eigenvalue weighted by molar-refractivity contribution is 6.36. The lowest BCUT2D eigenvalue weighted by atomic mass is 10.1. The van der Waals surface area contributed by atoms with Crippen molar-refractivity contribution in [2.24, 2.45) is 0 Å². The second-order valence-electron chi connectivity index (χ2n) is 3.78. The number of pyridine rings is 1. The standard InChI is InChI=1S/C12H10ClF3N2O/c1-17-7-5-9(12(14,15)16)18-11-8(19-2)4-3-6(13)10(7)11/h3-5H,1-2H3,(H,17,18). The van der Waals surface area contributed by atoms with Crippen molar-refractivity contribution in [1.29, 1.82) is 0 Å². The van der Waals surface area contributed by atoms with Crippen molar-refractivity contribution in [3.63, 3.8) is 0 Å². The molecule has 2 rings (SSSR count). The van der Waals surface area contributed by atoms with E-state index in [1.54, 1.807) is 6.07 Å². The fourth-order valence-corrected chi connectivity index (χ4v) is 2.04. The molecule has 1 aromatic carbocycles. The van der Waals surface area contributed by atoms with Crippen LogP contribution in [0.5, 0.6) is 5.75 Å². The van der Waals surface area contributed by atoms with Crippen LogP contribution >= 0.6 is 11.6 Å². The molecule has 1 N–H and O–H groups in total. The van der Waals surface area contributed by atoms with E-state index in [2.05, 4.69) is 10.3 Å². The summed E-state index contributed by atoms with van der Waals surface area (Å²) < 4.78 is 43.4. The number of hydrogen-bond donors (Lipinski definition) is 1. The quantitative estimate of drug-likeness (QED) is 0.909. The van der Waals surface area contributed by atoms with E-state index in [1.165, 1.54) is 20.2 Å². The van der Waals surface area contributed by atoms with Gasteiger partial charge in [-0.3, -0.25) is 0 Å². The molecule has 0 bridgehead atoms. The van der Waals surface area contributed by atoms with Crippen LogP contribution in [0.25, 0.3) is 10.9 Å². The molecule has 0 spiro atoms. The number of nitrogens with zero attached hydrogens (tertiary/aromatic N) is 1. The molecule has 0 amide bonds. The molecule has 0 aliphatic heterocycles. The van der Waals surface area contributed by atoms with Gasteiger partial charge in [-0.05, 0) is 18.2 Å². The first-order valence-corrected chi connectivity index (χ1v) is 5.68. The van der Waals surface area contributed by atoms with Crippen LogP contribution in [-0.4, -0.2) is 19.1 Å². The number of alkyl halides is 3. The minimum Gasteiger partial charge on any atom is -0.494 e. The van der Waals surface area contributed by atoms with Crippen molar-refractivity contribution in [2.45, 2.75) is 6.18 Å². The minimum atomic E-state index is -4.53. The normalized spacial score (nSPS) is 11.7. The number of benzene rings is 1. The summed E-state index contributed by atoms with van der Waals surface area (Å²) in [6.07, 6.45) is -4.53. The van der Waals surface area contributed by atoms with Crippen molar-refractivity contribution in [1.82, 2.24) is 4.98 Å². The number of halogens is 4. The molecule has 0 unspecified atom stereocenters. The molecule has 102 valence electrons. The summed E-state index contributed by atoms with van der Waals surface area (Å²) in [7, 11) is 2.88. The molecule has 0 aliphatic carbocycles. The van der Waals surface area contributed by atoms with E-state index in [4.69, 9.17) is 16.3 Å². The van der Waals surface area contributed by atoms with Gasteiger partial charge in [-0.25, -0.2) is 4.98 Å². The Balaban J connectivity index is 2.88. The van der Waals surface area contributed by atoms with Gasteiger partial charge >= 0.3 is 6.18 Å². The Morgan fingerprint density at radius 1 is 1.32 bits per heavy atom. The average Bonchev–Trinajstić information content (AvgIpc) is 2.37. The number of nitrogens with one attached hydrogen (secondary N) is 1. The number of aromatic nitrogens is 1. The summed E-state index contributed by atoms with van der Waals surface area (Å²) in [5, 5.41) is 3.40. The Hall–Kier alpha value is -1.69. The SMILES string of the molecule is CNc1cc(C(F)(F)F)nc2c(OC)ccc(Cl)c12. The van der Waals surface area contributed by atoms with E-state index >= 15 is 0 Å². The molecule has 7 heteroatoms. The lowest BCUT2D eigenvalue weighted by Crippen LogP contribution is -2.09. The monoisotopic (exact) mass is 290 g/mol. The summed E-state index contributed by atoms with van der Waals surface area (Å²) in [5.74, 6) is 0.238. The minimum absolute atomic E-state index is 0.0779. The molecule has 3 nitrogen and oxygen atoms in total. The Morgan fingerprint density at radius 3 is 2.53 bits per heavy atom. The predicted octanol–water partition coefficient (Wildman–Crippen LogP) is 3.96. The smallest absolute Gasteiger partial charge is 0.433 e. The van der Waals surface area contributed by atoms with E-state index in [0.29, 0.717) is 10.4 Å². The largest absolute Gasteiger partial charge is 0.494 e. The average molecular weight is 291 g/mol. The molecule has 0 aliphatic rings. The van der Waals surface area contributed by atoms with Gasteiger partial charge in [0.1, 0.15) is 17.0 Å². The number of hydrogen-bond acceptors (Lipinski definition) is 3. The molecule has 0 radical (unpaired) electrons. The highest BCUT2D eigenvalue weighted by Gasteiger charge is 2.34. The van der Waals surface area contributed by atoms with Gasteiger partial charge in [-0.15, -0.1) is 0 Å². The third-order valence-corrected chi connectivity index (χ3v) is 2.97. The van der Waals surface area contributed by atoms with Crippen molar-refractivity contribution in [2.75, 3.05) is 19.5 Å². The van der Waals surface area contributed by atoms with Crippen LogP contribution in [0.15, 0.2) is 18.2 Å². The zero-order valence-corrected chi connectivity index (χ0v) is 10.9. The van der Waals surface area contributed by atoms with E-state index < -0.39 is 11.9 Å². The number of fused-ring (bicyclic) bond motifs is 1. The molecule has 19 heavy (non-hydrogen) atoms. The highest BCUT2D eigenvalue weighted by Crippen LogP contribution is 2.39. The van der Waals surface area contributed by atoms with E-state index in [0.717, 1.165) is 6.07 Å². The second kappa shape index (κ2) is 4.77. The van der Waals surface area contributed by atoms with Crippen LogP contribution in [0, 0.1) is 0 Å². The molecule has 1 aromatic heterocycles. The molecular weight excluding hydrogens is 281 g/mol. The highest BCUT2D eigenvalue weighted by atomic mass is 35.5. The molecular formula is C12H10ClF3N2O. The Kier molecular flexibility index (Phi) is 3.45. The molecule has 0 fully saturated rings. The number of ether oxygens (including phenoxy) is 1. The van der Waals surface area contributed by atoms with Crippen LogP contribution in [0.3, 0.4) is 0 Å². The summed E-state index contributed by atoms with van der Waals surface area (Å²) in [4.78, 5) is 3.61. The van der Waals surface area contributed by atoms with Crippen LogP contribution < -0.4 is 10.1 Å². The number of methoxy groups -OCH3 is 1. The Bertz CT molecular complexity index is 628. The molecule has 0 saturated heterocycles. The van der Waals surface area contributed by atoms with Gasteiger partial charge in [0, 0.05) is 18.1 Å². The van der Waals surface area contributed by atoms with Crippen LogP contribution in [0.1, 0.15) is 5.69 Å². The van der Waals surface area contributed by atoms with Crippen LogP contribution in [-0.2, 0) is 6.18 Å². The van der Waals surface area contributed by atoms with Crippen LogP contribution in [0.2, 0.25) is 5.02 Å². The van der Waals surface area contributed by atoms with Gasteiger partial charge in [0.15, 0.2) is 0 Å². The number of anilines is 1. The third kappa shape index (κ3) is 2.40. The summed E-state index contributed by atoms with van der Waals surface area (Å²) in [5.41, 5.74) is -0.666. The van der Waals surface area contributed by atoms with Gasteiger partial charge in [0.25, 0.3) is 0 Å². The second-order valence-corrected chi connectivity index (χ2v) is 4.18. The zero-order chi connectivity index (χ0) is 14.2. The summed E-state index contributed by atoms with van der Waals surface area (Å²) in [6.45, 7) is 0. The molecule has 0 saturated carbocycles. The zero-order valence-electron chi connectivity index (χ0n) is 10.1. The Labute approximate surface area is 112 Å². The van der Waals surface area contributed by atoms with E-state index in [-0.39, 0.29) is 17.0 Å². The lowest BCUT2D eigenvalue weighted by molar-refractivity contribution is -0.140. The maximum absolute atomic E-state index is 12.8. The van der Waals surface area contributed by atoms with Crippen molar-refractivity contribution in [3.05, 3.63) is 28.9 Å². The molecule has 0 atom stereocenters.